The molecule has 0 aliphatic carbocycles. The van der Waals surface area contributed by atoms with Gasteiger partial charge in [0.25, 0.3) is 5.56 Å². The number of hydrogen-bond acceptors (Lipinski definition) is 4. The topological polar surface area (TPSA) is 78.1 Å². The number of carbonyl (C=O) groups excluding carboxylic acids is 1. The summed E-state index contributed by atoms with van der Waals surface area (Å²) >= 11 is 6.17. The molecule has 1 amide bonds. The number of aryl methyl sites for hydroxylation is 1. The zero-order valence-electron chi connectivity index (χ0n) is 16.9. The van der Waals surface area contributed by atoms with Gasteiger partial charge < -0.3 is 15.2 Å². The first-order valence-electron chi connectivity index (χ1n) is 9.72. The first kappa shape index (κ1) is 21.9. The molecule has 0 radical (unpaired) electrons. The van der Waals surface area contributed by atoms with Gasteiger partial charge in [0.2, 0.25) is 5.91 Å². The molecule has 0 fully saturated rings. The van der Waals surface area contributed by atoms with Crippen LogP contribution in [-0.4, -0.2) is 41.4 Å². The maximum absolute atomic E-state index is 14.3. The standard InChI is InChI=1S/C22H24ClFN4O2/c1-28(2)18(21-15(23)8-5-9-16(21)24)13-25-20(29)12-6-11-19-26-17-10-4-3-7-14(17)22(30)27-19/h3-5,7-10,18H,6,11-13H2,1-2H3,(H,25,29)(H,26,27,30)/t18-/m0/s1. The smallest absolute Gasteiger partial charge is 0.258 e. The van der Waals surface area contributed by atoms with Crippen LogP contribution in [0.1, 0.15) is 30.3 Å². The lowest BCUT2D eigenvalue weighted by molar-refractivity contribution is -0.121. The molecule has 0 saturated carbocycles. The van der Waals surface area contributed by atoms with Crippen LogP contribution in [0, 0.1) is 5.82 Å². The third-order valence-corrected chi connectivity index (χ3v) is 5.26. The number of halogens is 2. The van der Waals surface area contributed by atoms with E-state index < -0.39 is 5.82 Å². The number of nitrogens with zero attached hydrogens (tertiary/aromatic N) is 2. The van der Waals surface area contributed by atoms with Gasteiger partial charge in [-0.3, -0.25) is 9.59 Å². The molecule has 0 spiro atoms. The number of likely N-dealkylation sites (N-methyl/N-ethyl adjacent to an activating group) is 1. The Balaban J connectivity index is 1.56. The van der Waals surface area contributed by atoms with Crippen molar-refractivity contribution in [3.63, 3.8) is 0 Å². The number of aromatic nitrogens is 2. The number of rotatable bonds is 8. The largest absolute Gasteiger partial charge is 0.354 e. The first-order chi connectivity index (χ1) is 14.4. The van der Waals surface area contributed by atoms with Crippen LogP contribution in [0.2, 0.25) is 5.02 Å². The Morgan fingerprint density at radius 3 is 2.73 bits per heavy atom. The summed E-state index contributed by atoms with van der Waals surface area (Å²) in [5.74, 6) is -0.00460. The van der Waals surface area contributed by atoms with Gasteiger partial charge in [0.1, 0.15) is 11.6 Å². The average molecular weight is 431 g/mol. The number of aromatic amines is 1. The highest BCUT2D eigenvalue weighted by molar-refractivity contribution is 6.31. The molecule has 3 rings (SSSR count). The Bertz CT molecular complexity index is 1080. The van der Waals surface area contributed by atoms with Gasteiger partial charge >= 0.3 is 0 Å². The SMILES string of the molecule is CN(C)[C@@H](CNC(=O)CCCc1nc2ccccc2c(=O)[nH]1)c1c(F)cccc1Cl. The Hall–Kier alpha value is -2.77. The molecular formula is C22H24ClFN4O2. The number of fused-ring (bicyclic) bond motifs is 1. The van der Waals surface area contributed by atoms with E-state index in [1.54, 1.807) is 44.4 Å². The number of para-hydroxylation sites is 1. The van der Waals surface area contributed by atoms with Crippen LogP contribution in [0.5, 0.6) is 0 Å². The summed E-state index contributed by atoms with van der Waals surface area (Å²) in [6.45, 7) is 0.234. The van der Waals surface area contributed by atoms with Crippen molar-refractivity contribution in [2.75, 3.05) is 20.6 Å². The van der Waals surface area contributed by atoms with E-state index in [1.165, 1.54) is 6.07 Å². The second-order valence-corrected chi connectivity index (χ2v) is 7.71. The summed E-state index contributed by atoms with van der Waals surface area (Å²) in [7, 11) is 3.61. The number of H-pyrrole nitrogens is 1. The fourth-order valence-corrected chi connectivity index (χ4v) is 3.63. The van der Waals surface area contributed by atoms with Crippen LogP contribution < -0.4 is 10.9 Å². The van der Waals surface area contributed by atoms with E-state index in [1.807, 2.05) is 11.0 Å². The van der Waals surface area contributed by atoms with E-state index >= 15 is 0 Å². The molecule has 0 saturated heterocycles. The third-order valence-electron chi connectivity index (χ3n) is 4.93. The predicted molar refractivity (Wildman–Crippen MR) is 116 cm³/mol. The second kappa shape index (κ2) is 9.82. The highest BCUT2D eigenvalue weighted by Crippen LogP contribution is 2.28. The Morgan fingerprint density at radius 1 is 1.23 bits per heavy atom. The normalized spacial score (nSPS) is 12.3. The van der Waals surface area contributed by atoms with Gasteiger partial charge in [0.05, 0.1) is 16.9 Å². The monoisotopic (exact) mass is 430 g/mol. The van der Waals surface area contributed by atoms with Gasteiger partial charge in [-0.05, 0) is 44.8 Å². The molecule has 2 N–H and O–H groups in total. The van der Waals surface area contributed by atoms with Crippen molar-refractivity contribution in [1.82, 2.24) is 20.2 Å². The summed E-state index contributed by atoms with van der Waals surface area (Å²) in [5, 5.41) is 3.72. The molecule has 158 valence electrons. The first-order valence-corrected chi connectivity index (χ1v) is 10.1. The van der Waals surface area contributed by atoms with E-state index in [9.17, 15) is 14.0 Å². The highest BCUT2D eigenvalue weighted by Gasteiger charge is 2.21. The molecule has 0 bridgehead atoms. The maximum Gasteiger partial charge on any atom is 0.258 e. The second-order valence-electron chi connectivity index (χ2n) is 7.30. The molecule has 0 aliphatic heterocycles. The molecule has 6 nitrogen and oxygen atoms in total. The molecule has 30 heavy (non-hydrogen) atoms. The van der Waals surface area contributed by atoms with E-state index in [4.69, 9.17) is 11.6 Å². The molecule has 0 aliphatic rings. The van der Waals surface area contributed by atoms with Crippen molar-refractivity contribution >= 4 is 28.4 Å². The fraction of sp³-hybridized carbons (Fsp3) is 0.318. The van der Waals surface area contributed by atoms with Crippen LogP contribution in [0.4, 0.5) is 4.39 Å². The van der Waals surface area contributed by atoms with Gasteiger partial charge in [-0.25, -0.2) is 9.37 Å². The summed E-state index contributed by atoms with van der Waals surface area (Å²) < 4.78 is 14.3. The van der Waals surface area contributed by atoms with Gasteiger partial charge in [-0.2, -0.15) is 0 Å². The van der Waals surface area contributed by atoms with Crippen LogP contribution >= 0.6 is 11.6 Å². The molecule has 1 aromatic heterocycles. The molecule has 2 aromatic carbocycles. The molecule has 8 heteroatoms. The van der Waals surface area contributed by atoms with Crippen LogP contribution in [0.3, 0.4) is 0 Å². The van der Waals surface area contributed by atoms with Crippen molar-refractivity contribution in [3.8, 4) is 0 Å². The van der Waals surface area contributed by atoms with Crippen molar-refractivity contribution < 1.29 is 9.18 Å². The average Bonchev–Trinajstić information content (AvgIpc) is 2.70. The van der Waals surface area contributed by atoms with Gasteiger partial charge in [-0.15, -0.1) is 0 Å². The lowest BCUT2D eigenvalue weighted by Crippen LogP contribution is -2.35. The third kappa shape index (κ3) is 5.23. The Morgan fingerprint density at radius 2 is 2.00 bits per heavy atom. The molecule has 1 heterocycles. The summed E-state index contributed by atoms with van der Waals surface area (Å²) in [5.41, 5.74) is 0.814. The van der Waals surface area contributed by atoms with Crippen molar-refractivity contribution in [3.05, 3.63) is 75.0 Å². The number of benzene rings is 2. The number of hydrogen-bond donors (Lipinski definition) is 2. The van der Waals surface area contributed by atoms with Crippen LogP contribution in [0.15, 0.2) is 47.3 Å². The summed E-state index contributed by atoms with van der Waals surface area (Å²) in [6, 6.07) is 11.3. The lowest BCUT2D eigenvalue weighted by Gasteiger charge is -2.26. The van der Waals surface area contributed by atoms with Crippen molar-refractivity contribution in [2.24, 2.45) is 0 Å². The van der Waals surface area contributed by atoms with E-state index in [0.717, 1.165) is 0 Å². The van der Waals surface area contributed by atoms with E-state index in [2.05, 4.69) is 15.3 Å². The number of nitrogens with one attached hydrogen (secondary N) is 2. The summed E-state index contributed by atoms with van der Waals surface area (Å²) in [4.78, 5) is 33.4. The lowest BCUT2D eigenvalue weighted by atomic mass is 10.0. The summed E-state index contributed by atoms with van der Waals surface area (Å²) in [6.07, 6.45) is 1.27. The van der Waals surface area contributed by atoms with Crippen molar-refractivity contribution in [2.45, 2.75) is 25.3 Å². The van der Waals surface area contributed by atoms with Gasteiger partial charge in [-0.1, -0.05) is 29.8 Å². The quantitative estimate of drug-likeness (QED) is 0.573. The Kier molecular flexibility index (Phi) is 7.18. The van der Waals surface area contributed by atoms with Crippen LogP contribution in [-0.2, 0) is 11.2 Å². The minimum absolute atomic E-state index is 0.155. The predicted octanol–water partition coefficient (Wildman–Crippen LogP) is 3.46. The highest BCUT2D eigenvalue weighted by atomic mass is 35.5. The zero-order chi connectivity index (χ0) is 21.7. The molecule has 3 aromatic rings. The van der Waals surface area contributed by atoms with Crippen molar-refractivity contribution in [1.29, 1.82) is 0 Å². The molecule has 1 atom stereocenters. The van der Waals surface area contributed by atoms with Gasteiger partial charge in [0, 0.05) is 30.0 Å². The van der Waals surface area contributed by atoms with E-state index in [-0.39, 0.29) is 30.5 Å². The number of amides is 1. The minimum Gasteiger partial charge on any atom is -0.354 e. The Labute approximate surface area is 179 Å². The van der Waals surface area contributed by atoms with E-state index in [0.29, 0.717) is 40.2 Å². The fourth-order valence-electron chi connectivity index (χ4n) is 3.34. The van der Waals surface area contributed by atoms with Gasteiger partial charge in [0.15, 0.2) is 0 Å². The number of carbonyl (C=O) groups is 1. The zero-order valence-corrected chi connectivity index (χ0v) is 17.7. The molecular weight excluding hydrogens is 407 g/mol. The molecule has 0 unspecified atom stereocenters. The van der Waals surface area contributed by atoms with Crippen LogP contribution in [0.25, 0.3) is 10.9 Å². The minimum atomic E-state index is -0.401. The maximum atomic E-state index is 14.3.